The van der Waals surface area contributed by atoms with E-state index in [1.807, 2.05) is 18.5 Å². The molecule has 5 nitrogen and oxygen atoms in total. The van der Waals surface area contributed by atoms with Crippen molar-refractivity contribution in [2.24, 2.45) is 0 Å². The molecule has 1 spiro atoms. The lowest BCUT2D eigenvalue weighted by Gasteiger charge is -2.46. The molecule has 5 heteroatoms. The number of amides is 1. The van der Waals surface area contributed by atoms with Crippen LogP contribution in [-0.2, 0) is 17.9 Å². The fraction of sp³-hybridized carbons (Fsp3) is 0.538. The maximum absolute atomic E-state index is 13.0. The summed E-state index contributed by atoms with van der Waals surface area (Å²) >= 11 is 0. The minimum absolute atomic E-state index is 0.00328. The Kier molecular flexibility index (Phi) is 7.71. The normalized spacial score (nSPS) is 21.4. The van der Waals surface area contributed by atoms with Crippen molar-refractivity contribution in [1.29, 1.82) is 0 Å². The van der Waals surface area contributed by atoms with Crippen molar-refractivity contribution >= 4 is 5.91 Å². The average Bonchev–Trinajstić information content (AvgIpc) is 2.82. The number of hydrogen-bond acceptors (Lipinski definition) is 4. The molecule has 1 N–H and O–H groups in total. The Labute approximate surface area is 186 Å². The molecule has 1 aromatic heterocycles. The lowest BCUT2D eigenvalue weighted by Crippen LogP contribution is -2.52. The van der Waals surface area contributed by atoms with E-state index in [4.69, 9.17) is 0 Å². The van der Waals surface area contributed by atoms with Crippen LogP contribution in [0.2, 0.25) is 0 Å². The molecule has 0 bridgehead atoms. The number of carbonyl (C=O) groups is 1. The quantitative estimate of drug-likeness (QED) is 0.812. The molecule has 4 rings (SSSR count). The molecule has 0 atom stereocenters. The van der Waals surface area contributed by atoms with Crippen LogP contribution >= 0.6 is 0 Å². The zero-order valence-electron chi connectivity index (χ0n) is 18.6. The maximum Gasteiger partial charge on any atom is 0.221 e. The molecule has 1 aliphatic heterocycles. The third kappa shape index (κ3) is 6.14. The van der Waals surface area contributed by atoms with E-state index < -0.39 is 0 Å². The molecule has 0 unspecified atom stereocenters. The Morgan fingerprint density at radius 1 is 0.871 bits per heavy atom. The third-order valence-corrected chi connectivity index (χ3v) is 6.94. The standard InChI is InChI=1S/C26H36N4O/c31-25-19-26(12-5-2-6-13-26)30(22-23-9-3-1-4-10-23)17-8-16-29(18-15-28-25)21-24-11-7-14-27-20-24/h1,3-4,7,9-11,14,20H,2,5-6,8,12-13,15-19,21-22H2,(H,28,31). The van der Waals surface area contributed by atoms with Crippen LogP contribution in [0.1, 0.15) is 56.1 Å². The first-order valence-corrected chi connectivity index (χ1v) is 11.9. The molecule has 2 heterocycles. The van der Waals surface area contributed by atoms with E-state index in [1.54, 1.807) is 0 Å². The Balaban J connectivity index is 1.52. The van der Waals surface area contributed by atoms with Gasteiger partial charge in [-0.1, -0.05) is 55.7 Å². The predicted molar refractivity (Wildman–Crippen MR) is 124 cm³/mol. The number of rotatable bonds is 4. The Bertz CT molecular complexity index is 805. The van der Waals surface area contributed by atoms with Crippen molar-refractivity contribution in [2.75, 3.05) is 26.2 Å². The van der Waals surface area contributed by atoms with Gasteiger partial charge in [0, 0.05) is 57.1 Å². The summed E-state index contributed by atoms with van der Waals surface area (Å²) < 4.78 is 0. The van der Waals surface area contributed by atoms with E-state index in [1.165, 1.54) is 30.4 Å². The van der Waals surface area contributed by atoms with Gasteiger partial charge in [-0.15, -0.1) is 0 Å². The van der Waals surface area contributed by atoms with Gasteiger partial charge in [0.1, 0.15) is 0 Å². The van der Waals surface area contributed by atoms with E-state index in [9.17, 15) is 4.79 Å². The minimum atomic E-state index is -0.00328. The second kappa shape index (κ2) is 10.9. The molecule has 166 valence electrons. The highest BCUT2D eigenvalue weighted by Crippen LogP contribution is 2.38. The van der Waals surface area contributed by atoms with Gasteiger partial charge >= 0.3 is 0 Å². The van der Waals surface area contributed by atoms with Crippen LogP contribution in [-0.4, -0.2) is 52.4 Å². The molecule has 2 aromatic rings. The Morgan fingerprint density at radius 3 is 2.45 bits per heavy atom. The first-order chi connectivity index (χ1) is 15.2. The first-order valence-electron chi connectivity index (χ1n) is 11.9. The summed E-state index contributed by atoms with van der Waals surface area (Å²) in [4.78, 5) is 22.3. The van der Waals surface area contributed by atoms with Gasteiger partial charge in [-0.25, -0.2) is 0 Å². The van der Waals surface area contributed by atoms with Crippen molar-refractivity contribution in [1.82, 2.24) is 20.1 Å². The van der Waals surface area contributed by atoms with Crippen molar-refractivity contribution < 1.29 is 4.79 Å². The number of hydrogen-bond donors (Lipinski definition) is 1. The molecule has 2 fully saturated rings. The summed E-state index contributed by atoms with van der Waals surface area (Å²) in [5, 5.41) is 3.23. The van der Waals surface area contributed by atoms with E-state index in [0.29, 0.717) is 13.0 Å². The predicted octanol–water partition coefficient (Wildman–Crippen LogP) is 4.00. The van der Waals surface area contributed by atoms with Gasteiger partial charge in [0.25, 0.3) is 0 Å². The monoisotopic (exact) mass is 420 g/mol. The Morgan fingerprint density at radius 2 is 1.68 bits per heavy atom. The van der Waals surface area contributed by atoms with Gasteiger partial charge in [0.2, 0.25) is 5.91 Å². The van der Waals surface area contributed by atoms with E-state index in [-0.39, 0.29) is 11.4 Å². The summed E-state index contributed by atoms with van der Waals surface area (Å²) in [6, 6.07) is 14.9. The van der Waals surface area contributed by atoms with Crippen molar-refractivity contribution in [3.63, 3.8) is 0 Å². The summed E-state index contributed by atoms with van der Waals surface area (Å²) in [5.41, 5.74) is 2.57. The number of pyridine rings is 1. The third-order valence-electron chi connectivity index (χ3n) is 6.94. The summed E-state index contributed by atoms with van der Waals surface area (Å²) in [5.74, 6) is 0.211. The molecule has 1 aromatic carbocycles. The molecule has 2 aliphatic rings. The van der Waals surface area contributed by atoms with E-state index in [2.05, 4.69) is 56.5 Å². The second-order valence-corrected chi connectivity index (χ2v) is 9.21. The number of benzene rings is 1. The highest BCUT2D eigenvalue weighted by Gasteiger charge is 2.39. The van der Waals surface area contributed by atoms with Crippen LogP contribution in [0.15, 0.2) is 54.9 Å². The van der Waals surface area contributed by atoms with Crippen LogP contribution in [0, 0.1) is 0 Å². The van der Waals surface area contributed by atoms with Crippen molar-refractivity contribution in [3.8, 4) is 0 Å². The van der Waals surface area contributed by atoms with Crippen LogP contribution in [0.5, 0.6) is 0 Å². The molecular formula is C26H36N4O. The van der Waals surface area contributed by atoms with Gasteiger partial charge in [0.15, 0.2) is 0 Å². The van der Waals surface area contributed by atoms with Gasteiger partial charge in [-0.2, -0.15) is 0 Å². The molecule has 31 heavy (non-hydrogen) atoms. The molecule has 1 saturated carbocycles. The van der Waals surface area contributed by atoms with E-state index >= 15 is 0 Å². The van der Waals surface area contributed by atoms with E-state index in [0.717, 1.165) is 52.0 Å². The van der Waals surface area contributed by atoms with Gasteiger partial charge < -0.3 is 5.32 Å². The second-order valence-electron chi connectivity index (χ2n) is 9.21. The average molecular weight is 421 g/mol. The van der Waals surface area contributed by atoms with Crippen molar-refractivity contribution in [2.45, 2.75) is 63.6 Å². The SMILES string of the molecule is O=C1CC2(CCCCC2)N(Cc2ccccc2)CCCN(Cc2cccnc2)CCN1. The van der Waals surface area contributed by atoms with Gasteiger partial charge in [0.05, 0.1) is 0 Å². The number of carbonyl (C=O) groups excluding carboxylic acids is 1. The smallest absolute Gasteiger partial charge is 0.221 e. The van der Waals surface area contributed by atoms with Crippen LogP contribution in [0.25, 0.3) is 0 Å². The zero-order chi connectivity index (χ0) is 21.4. The highest BCUT2D eigenvalue weighted by molar-refractivity contribution is 5.77. The minimum Gasteiger partial charge on any atom is -0.355 e. The van der Waals surface area contributed by atoms with Crippen LogP contribution in [0.3, 0.4) is 0 Å². The number of nitrogens with one attached hydrogen (secondary N) is 1. The van der Waals surface area contributed by atoms with Crippen molar-refractivity contribution in [3.05, 3.63) is 66.0 Å². The molecule has 1 amide bonds. The topological polar surface area (TPSA) is 48.5 Å². The number of aromatic nitrogens is 1. The lowest BCUT2D eigenvalue weighted by molar-refractivity contribution is -0.125. The van der Waals surface area contributed by atoms with Crippen LogP contribution < -0.4 is 5.32 Å². The highest BCUT2D eigenvalue weighted by atomic mass is 16.1. The molecule has 0 radical (unpaired) electrons. The molecule has 1 saturated heterocycles. The molecule has 1 aliphatic carbocycles. The maximum atomic E-state index is 13.0. The van der Waals surface area contributed by atoms with Gasteiger partial charge in [-0.3, -0.25) is 19.6 Å². The van der Waals surface area contributed by atoms with Crippen LogP contribution in [0.4, 0.5) is 0 Å². The lowest BCUT2D eigenvalue weighted by atomic mass is 9.77. The number of nitrogens with zero attached hydrogens (tertiary/aromatic N) is 3. The van der Waals surface area contributed by atoms with Gasteiger partial charge in [-0.05, 0) is 43.0 Å². The fourth-order valence-electron chi connectivity index (χ4n) is 5.32. The zero-order valence-corrected chi connectivity index (χ0v) is 18.6. The summed E-state index contributed by atoms with van der Waals surface area (Å²) in [7, 11) is 0. The summed E-state index contributed by atoms with van der Waals surface area (Å²) in [6.07, 6.45) is 11.5. The fourth-order valence-corrected chi connectivity index (χ4v) is 5.32. The Hall–Kier alpha value is -2.24. The first kappa shape index (κ1) is 22.0. The summed E-state index contributed by atoms with van der Waals surface area (Å²) in [6.45, 7) is 5.47. The molecular weight excluding hydrogens is 384 g/mol. The largest absolute Gasteiger partial charge is 0.355 e.